The lowest BCUT2D eigenvalue weighted by atomic mass is 9.77. The van der Waals surface area contributed by atoms with E-state index < -0.39 is 0 Å². The number of nitrogens with zero attached hydrogens (tertiary/aromatic N) is 3. The van der Waals surface area contributed by atoms with Crippen LogP contribution in [0.4, 0.5) is 0 Å². The molecule has 0 bridgehead atoms. The number of pyridine rings is 1. The van der Waals surface area contributed by atoms with Crippen LogP contribution in [0.1, 0.15) is 35.3 Å². The van der Waals surface area contributed by atoms with Crippen LogP contribution in [0, 0.1) is 12.3 Å². The number of fused-ring (bicyclic) bond motifs is 1. The molecule has 2 aromatic heterocycles. The van der Waals surface area contributed by atoms with Gasteiger partial charge in [-0.2, -0.15) is 0 Å². The van der Waals surface area contributed by atoms with Crippen molar-refractivity contribution < 1.29 is 9.32 Å². The number of carbonyl (C=O) groups excluding carboxylic acids is 1. The highest BCUT2D eigenvalue weighted by Crippen LogP contribution is 2.38. The summed E-state index contributed by atoms with van der Waals surface area (Å²) in [7, 11) is 0. The molecule has 2 fully saturated rings. The summed E-state index contributed by atoms with van der Waals surface area (Å²) in [6.45, 7) is 5.64. The number of piperidine rings is 1. The van der Waals surface area contributed by atoms with Crippen LogP contribution in [0.5, 0.6) is 0 Å². The smallest absolute Gasteiger partial charge is 0.259 e. The van der Waals surface area contributed by atoms with Crippen molar-refractivity contribution in [3.05, 3.63) is 47.7 Å². The molecule has 28 heavy (non-hydrogen) atoms. The number of hydrogen-bond donors (Lipinski definition) is 1. The summed E-state index contributed by atoms with van der Waals surface area (Å²) in [5, 5.41) is 8.27. The van der Waals surface area contributed by atoms with Crippen molar-refractivity contribution in [1.82, 2.24) is 20.4 Å². The van der Waals surface area contributed by atoms with Gasteiger partial charge in [0, 0.05) is 25.2 Å². The van der Waals surface area contributed by atoms with Crippen LogP contribution in [-0.4, -0.2) is 47.1 Å². The zero-order chi connectivity index (χ0) is 19.1. The standard InChI is InChI=1S/C22H24N4O2/c1-15-19-17(21(27)26-11-8-22(9-12-26)7-10-23-14-22)13-18(24-20(19)28-25-15)16-5-3-2-4-6-16/h2-6,13,23H,7-12,14H2,1H3. The molecule has 2 saturated heterocycles. The molecule has 144 valence electrons. The Labute approximate surface area is 163 Å². The number of nitrogens with one attached hydrogen (secondary N) is 1. The van der Waals surface area contributed by atoms with Gasteiger partial charge >= 0.3 is 0 Å². The van der Waals surface area contributed by atoms with Gasteiger partial charge in [0.15, 0.2) is 0 Å². The van der Waals surface area contributed by atoms with E-state index in [4.69, 9.17) is 4.52 Å². The fraction of sp³-hybridized carbons (Fsp3) is 0.409. The van der Waals surface area contributed by atoms with E-state index in [9.17, 15) is 4.79 Å². The molecule has 1 aromatic carbocycles. The largest absolute Gasteiger partial charge is 0.339 e. The highest BCUT2D eigenvalue weighted by Gasteiger charge is 2.38. The second kappa shape index (κ2) is 6.71. The average molecular weight is 376 g/mol. The van der Waals surface area contributed by atoms with Crippen LogP contribution in [-0.2, 0) is 0 Å². The summed E-state index contributed by atoms with van der Waals surface area (Å²) in [5.74, 6) is 0.0525. The van der Waals surface area contributed by atoms with Crippen LogP contribution < -0.4 is 5.32 Å². The molecule has 0 unspecified atom stereocenters. The van der Waals surface area contributed by atoms with Gasteiger partial charge in [-0.15, -0.1) is 0 Å². The Morgan fingerprint density at radius 2 is 1.96 bits per heavy atom. The lowest BCUT2D eigenvalue weighted by molar-refractivity contribution is 0.0609. The third-order valence-electron chi connectivity index (χ3n) is 6.36. The lowest BCUT2D eigenvalue weighted by Crippen LogP contribution is -2.44. The monoisotopic (exact) mass is 376 g/mol. The maximum Gasteiger partial charge on any atom is 0.259 e. The molecular formula is C22H24N4O2. The van der Waals surface area contributed by atoms with Crippen LogP contribution in [0.25, 0.3) is 22.4 Å². The van der Waals surface area contributed by atoms with E-state index in [-0.39, 0.29) is 5.91 Å². The Kier molecular flexibility index (Phi) is 4.16. The predicted octanol–water partition coefficient (Wildman–Crippen LogP) is 3.41. The van der Waals surface area contributed by atoms with Crippen molar-refractivity contribution in [2.75, 3.05) is 26.2 Å². The highest BCUT2D eigenvalue weighted by atomic mass is 16.5. The second-order valence-corrected chi connectivity index (χ2v) is 8.09. The van der Waals surface area contributed by atoms with Crippen LogP contribution in [0.3, 0.4) is 0 Å². The Hall–Kier alpha value is -2.73. The van der Waals surface area contributed by atoms with E-state index in [1.807, 2.05) is 48.2 Å². The number of benzene rings is 1. The first-order chi connectivity index (χ1) is 13.7. The minimum atomic E-state index is 0.0525. The first kappa shape index (κ1) is 17.4. The molecule has 1 N–H and O–H groups in total. The van der Waals surface area contributed by atoms with Crippen LogP contribution in [0.15, 0.2) is 40.9 Å². The van der Waals surface area contributed by atoms with E-state index in [0.29, 0.717) is 22.4 Å². The molecule has 0 radical (unpaired) electrons. The predicted molar refractivity (Wildman–Crippen MR) is 107 cm³/mol. The summed E-state index contributed by atoms with van der Waals surface area (Å²) < 4.78 is 5.43. The molecule has 6 heteroatoms. The summed E-state index contributed by atoms with van der Waals surface area (Å²) >= 11 is 0. The zero-order valence-corrected chi connectivity index (χ0v) is 16.1. The van der Waals surface area contributed by atoms with Gasteiger partial charge in [0.05, 0.1) is 22.3 Å². The summed E-state index contributed by atoms with van der Waals surface area (Å²) in [4.78, 5) is 20.1. The van der Waals surface area contributed by atoms with Crippen molar-refractivity contribution in [1.29, 1.82) is 0 Å². The van der Waals surface area contributed by atoms with E-state index >= 15 is 0 Å². The van der Waals surface area contributed by atoms with Gasteiger partial charge < -0.3 is 14.7 Å². The molecule has 6 nitrogen and oxygen atoms in total. The second-order valence-electron chi connectivity index (χ2n) is 8.09. The highest BCUT2D eigenvalue weighted by molar-refractivity contribution is 6.07. The summed E-state index contributed by atoms with van der Waals surface area (Å²) in [6.07, 6.45) is 3.35. The number of aromatic nitrogens is 2. The van der Waals surface area contributed by atoms with E-state index in [0.717, 1.165) is 55.7 Å². The first-order valence-electron chi connectivity index (χ1n) is 9.98. The molecule has 4 heterocycles. The zero-order valence-electron chi connectivity index (χ0n) is 16.1. The Morgan fingerprint density at radius 3 is 2.68 bits per heavy atom. The Balaban J connectivity index is 1.50. The number of rotatable bonds is 2. The number of carbonyl (C=O) groups is 1. The molecule has 0 atom stereocenters. The van der Waals surface area contributed by atoms with Crippen molar-refractivity contribution in [2.45, 2.75) is 26.2 Å². The molecule has 0 aliphatic carbocycles. The molecule has 2 aliphatic rings. The summed E-state index contributed by atoms with van der Waals surface area (Å²) in [5.41, 5.74) is 3.85. The van der Waals surface area contributed by atoms with E-state index in [1.54, 1.807) is 0 Å². The maximum absolute atomic E-state index is 13.5. The van der Waals surface area contributed by atoms with Crippen molar-refractivity contribution in [3.8, 4) is 11.3 Å². The molecule has 5 rings (SSSR count). The van der Waals surface area contributed by atoms with Gasteiger partial charge in [0.25, 0.3) is 11.6 Å². The van der Waals surface area contributed by atoms with Gasteiger partial charge in [-0.1, -0.05) is 35.5 Å². The SMILES string of the molecule is Cc1noc2nc(-c3ccccc3)cc(C(=O)N3CCC4(CCNC4)CC3)c12. The topological polar surface area (TPSA) is 71.3 Å². The molecule has 3 aromatic rings. The number of amides is 1. The quantitative estimate of drug-likeness (QED) is 0.742. The molecular weight excluding hydrogens is 352 g/mol. The maximum atomic E-state index is 13.5. The Bertz CT molecular complexity index is 1010. The number of likely N-dealkylation sites (tertiary alicyclic amines) is 1. The van der Waals surface area contributed by atoms with Gasteiger partial charge in [-0.25, -0.2) is 4.98 Å². The number of hydrogen-bond acceptors (Lipinski definition) is 5. The molecule has 0 saturated carbocycles. The van der Waals surface area contributed by atoms with Crippen molar-refractivity contribution in [3.63, 3.8) is 0 Å². The van der Waals surface area contributed by atoms with Gasteiger partial charge in [0.2, 0.25) is 0 Å². The van der Waals surface area contributed by atoms with E-state index in [2.05, 4.69) is 15.5 Å². The molecule has 1 amide bonds. The third kappa shape index (κ3) is 2.88. The minimum Gasteiger partial charge on any atom is -0.339 e. The number of aryl methyl sites for hydroxylation is 1. The average Bonchev–Trinajstić information content (AvgIpc) is 3.35. The van der Waals surface area contributed by atoms with Gasteiger partial charge in [-0.05, 0) is 44.2 Å². The van der Waals surface area contributed by atoms with Crippen LogP contribution in [0.2, 0.25) is 0 Å². The first-order valence-corrected chi connectivity index (χ1v) is 9.98. The van der Waals surface area contributed by atoms with Gasteiger partial charge in [-0.3, -0.25) is 4.79 Å². The van der Waals surface area contributed by atoms with E-state index in [1.165, 1.54) is 6.42 Å². The normalized spacial score (nSPS) is 18.8. The minimum absolute atomic E-state index is 0.0525. The Morgan fingerprint density at radius 1 is 1.18 bits per heavy atom. The third-order valence-corrected chi connectivity index (χ3v) is 6.36. The fourth-order valence-electron chi connectivity index (χ4n) is 4.60. The van der Waals surface area contributed by atoms with Crippen molar-refractivity contribution >= 4 is 17.0 Å². The summed E-state index contributed by atoms with van der Waals surface area (Å²) in [6, 6.07) is 11.8. The van der Waals surface area contributed by atoms with Crippen molar-refractivity contribution in [2.24, 2.45) is 5.41 Å². The van der Waals surface area contributed by atoms with Gasteiger partial charge in [0.1, 0.15) is 0 Å². The lowest BCUT2D eigenvalue weighted by Gasteiger charge is -2.39. The molecule has 2 aliphatic heterocycles. The fourth-order valence-corrected chi connectivity index (χ4v) is 4.60. The van der Waals surface area contributed by atoms with Crippen LogP contribution >= 0.6 is 0 Å². The molecule has 1 spiro atoms.